The Bertz CT molecular complexity index is 1070. The molecule has 0 spiro atoms. The molecule has 5 nitrogen and oxygen atoms in total. The number of esters is 1. The Balaban J connectivity index is 1.41. The number of carbonyl (C=O) groups excluding carboxylic acids is 1. The number of aromatic nitrogens is 2. The second-order valence-electron chi connectivity index (χ2n) is 8.51. The Labute approximate surface area is 188 Å². The summed E-state index contributed by atoms with van der Waals surface area (Å²) in [6, 6.07) is 12.0. The van der Waals surface area contributed by atoms with Crippen LogP contribution in [0.25, 0.3) is 5.69 Å². The van der Waals surface area contributed by atoms with Gasteiger partial charge in [0.25, 0.3) is 0 Å². The highest BCUT2D eigenvalue weighted by Gasteiger charge is 2.39. The lowest BCUT2D eigenvalue weighted by Gasteiger charge is -2.33. The zero-order valence-electron chi connectivity index (χ0n) is 18.6. The molecule has 3 aromatic rings. The Morgan fingerprint density at radius 2 is 1.81 bits per heavy atom. The summed E-state index contributed by atoms with van der Waals surface area (Å²) >= 11 is 0. The average Bonchev–Trinajstić information content (AvgIpc) is 3.24. The first-order chi connectivity index (χ1) is 15.5. The lowest BCUT2D eigenvalue weighted by atomic mass is 9.72. The van der Waals surface area contributed by atoms with Gasteiger partial charge in [-0.2, -0.15) is 0 Å². The average molecular weight is 437 g/mol. The van der Waals surface area contributed by atoms with Gasteiger partial charge in [0.05, 0.1) is 5.41 Å². The van der Waals surface area contributed by atoms with E-state index < -0.39 is 11.2 Å². The number of carbonyl (C=O) groups is 1. The van der Waals surface area contributed by atoms with Gasteiger partial charge in [0.15, 0.2) is 0 Å². The van der Waals surface area contributed by atoms with Gasteiger partial charge in [-0.25, -0.2) is 9.37 Å². The molecule has 2 aromatic carbocycles. The maximum absolute atomic E-state index is 14.2. The van der Waals surface area contributed by atoms with Crippen LogP contribution in [0.4, 0.5) is 4.39 Å². The molecule has 0 atom stereocenters. The number of nitrogens with zero attached hydrogens (tertiary/aromatic N) is 2. The molecule has 4 rings (SSSR count). The van der Waals surface area contributed by atoms with E-state index in [1.807, 2.05) is 48.9 Å². The zero-order valence-corrected chi connectivity index (χ0v) is 18.6. The van der Waals surface area contributed by atoms with E-state index >= 15 is 0 Å². The minimum Gasteiger partial charge on any atom is -0.489 e. The first-order valence-electron chi connectivity index (χ1n) is 11.2. The smallest absolute Gasteiger partial charge is 0.317 e. The monoisotopic (exact) mass is 436 g/mol. The molecule has 1 fully saturated rings. The highest BCUT2D eigenvalue weighted by Crippen LogP contribution is 2.40. The van der Waals surface area contributed by atoms with Crippen LogP contribution in [-0.2, 0) is 11.4 Å². The third-order valence-electron chi connectivity index (χ3n) is 6.42. The molecular weight excluding hydrogens is 407 g/mol. The molecule has 0 saturated heterocycles. The molecule has 6 heteroatoms. The lowest BCUT2D eigenvalue weighted by Crippen LogP contribution is -2.36. The maximum atomic E-state index is 14.2. The molecule has 0 N–H and O–H groups in total. The standard InChI is InChI=1S/C26H29FN2O3/c1-3-26(11-5-4-6-12-26)25(30)32-24-16-21(27)15-23(17-24)31-18-20-7-9-22(10-8-20)29-14-13-28-19(29)2/h7-10,13-17H,3-6,11-12,18H2,1-2H3. The Kier molecular flexibility index (Phi) is 6.58. The number of hydrogen-bond donors (Lipinski definition) is 0. The van der Waals surface area contributed by atoms with Crippen LogP contribution >= 0.6 is 0 Å². The molecule has 1 saturated carbocycles. The Morgan fingerprint density at radius 3 is 2.47 bits per heavy atom. The van der Waals surface area contributed by atoms with Crippen LogP contribution in [0.2, 0.25) is 0 Å². The van der Waals surface area contributed by atoms with Crippen LogP contribution in [0.1, 0.15) is 56.8 Å². The summed E-state index contributed by atoms with van der Waals surface area (Å²) in [5.74, 6) is 0.673. The molecule has 0 aliphatic heterocycles. The van der Waals surface area contributed by atoms with E-state index in [1.54, 1.807) is 12.3 Å². The van der Waals surface area contributed by atoms with Gasteiger partial charge in [0.1, 0.15) is 29.7 Å². The van der Waals surface area contributed by atoms with E-state index in [4.69, 9.17) is 9.47 Å². The highest BCUT2D eigenvalue weighted by atomic mass is 19.1. The third-order valence-corrected chi connectivity index (χ3v) is 6.42. The van der Waals surface area contributed by atoms with Crippen LogP contribution in [0.3, 0.4) is 0 Å². The largest absolute Gasteiger partial charge is 0.489 e. The van der Waals surface area contributed by atoms with Gasteiger partial charge >= 0.3 is 5.97 Å². The predicted octanol–water partition coefficient (Wildman–Crippen LogP) is 6.16. The number of halogens is 1. The number of benzene rings is 2. The summed E-state index contributed by atoms with van der Waals surface area (Å²) in [6.07, 6.45) is 9.27. The van der Waals surface area contributed by atoms with E-state index in [0.29, 0.717) is 5.75 Å². The summed E-state index contributed by atoms with van der Waals surface area (Å²) in [6.45, 7) is 4.24. The molecular formula is C26H29FN2O3. The number of hydrogen-bond acceptors (Lipinski definition) is 4. The highest BCUT2D eigenvalue weighted by molar-refractivity contribution is 5.79. The van der Waals surface area contributed by atoms with Crippen molar-refractivity contribution in [2.75, 3.05) is 0 Å². The fourth-order valence-electron chi connectivity index (χ4n) is 4.40. The minimum atomic E-state index is -0.495. The van der Waals surface area contributed by atoms with Gasteiger partial charge in [0.2, 0.25) is 0 Å². The summed E-state index contributed by atoms with van der Waals surface area (Å²) in [5, 5.41) is 0. The van der Waals surface area contributed by atoms with Crippen molar-refractivity contribution in [3.05, 3.63) is 72.1 Å². The Hall–Kier alpha value is -3.15. The van der Waals surface area contributed by atoms with Crippen molar-refractivity contribution in [3.63, 3.8) is 0 Å². The fourth-order valence-corrected chi connectivity index (χ4v) is 4.40. The van der Waals surface area contributed by atoms with E-state index in [0.717, 1.165) is 55.6 Å². The van der Waals surface area contributed by atoms with Crippen molar-refractivity contribution < 1.29 is 18.7 Å². The topological polar surface area (TPSA) is 53.4 Å². The van der Waals surface area contributed by atoms with Crippen molar-refractivity contribution >= 4 is 5.97 Å². The van der Waals surface area contributed by atoms with Crippen LogP contribution in [0.15, 0.2) is 54.9 Å². The first kappa shape index (κ1) is 22.1. The van der Waals surface area contributed by atoms with Crippen LogP contribution in [0, 0.1) is 18.2 Å². The van der Waals surface area contributed by atoms with Crippen LogP contribution in [-0.4, -0.2) is 15.5 Å². The van der Waals surface area contributed by atoms with Gasteiger partial charge in [0, 0.05) is 36.3 Å². The molecule has 0 unspecified atom stereocenters. The zero-order chi connectivity index (χ0) is 22.6. The van der Waals surface area contributed by atoms with E-state index in [9.17, 15) is 9.18 Å². The van der Waals surface area contributed by atoms with Gasteiger partial charge in [-0.1, -0.05) is 38.3 Å². The molecule has 0 radical (unpaired) electrons. The quantitative estimate of drug-likeness (QED) is 0.329. The maximum Gasteiger partial charge on any atom is 0.317 e. The summed E-state index contributed by atoms with van der Waals surface area (Å²) in [5.41, 5.74) is 1.50. The normalized spacial score (nSPS) is 15.3. The molecule has 1 aliphatic carbocycles. The molecule has 1 aliphatic rings. The van der Waals surface area contributed by atoms with Crippen molar-refractivity contribution in [2.24, 2.45) is 5.41 Å². The van der Waals surface area contributed by atoms with Gasteiger partial charge in [-0.15, -0.1) is 0 Å². The summed E-state index contributed by atoms with van der Waals surface area (Å²) in [4.78, 5) is 17.1. The second-order valence-corrected chi connectivity index (χ2v) is 8.51. The van der Waals surface area contributed by atoms with Gasteiger partial charge < -0.3 is 14.0 Å². The molecule has 1 heterocycles. The first-order valence-corrected chi connectivity index (χ1v) is 11.2. The van der Waals surface area contributed by atoms with Crippen molar-refractivity contribution in [1.29, 1.82) is 0 Å². The number of aryl methyl sites for hydroxylation is 1. The SMILES string of the molecule is CCC1(C(=O)Oc2cc(F)cc(OCc3ccc(-n4ccnc4C)cc3)c2)CCCCC1. The summed E-state index contributed by atoms with van der Waals surface area (Å²) < 4.78 is 27.6. The van der Waals surface area contributed by atoms with Crippen molar-refractivity contribution in [2.45, 2.75) is 59.0 Å². The van der Waals surface area contributed by atoms with Crippen molar-refractivity contribution in [3.8, 4) is 17.2 Å². The molecule has 1 aromatic heterocycles. The van der Waals surface area contributed by atoms with E-state index in [-0.39, 0.29) is 18.3 Å². The molecule has 32 heavy (non-hydrogen) atoms. The number of imidazole rings is 1. The molecule has 0 amide bonds. The van der Waals surface area contributed by atoms with Crippen LogP contribution < -0.4 is 9.47 Å². The Morgan fingerprint density at radius 1 is 1.09 bits per heavy atom. The van der Waals surface area contributed by atoms with Crippen LogP contribution in [0.5, 0.6) is 11.5 Å². The number of rotatable bonds is 7. The van der Waals surface area contributed by atoms with Crippen molar-refractivity contribution in [1.82, 2.24) is 9.55 Å². The van der Waals surface area contributed by atoms with E-state index in [1.165, 1.54) is 12.1 Å². The minimum absolute atomic E-state index is 0.189. The summed E-state index contributed by atoms with van der Waals surface area (Å²) in [7, 11) is 0. The second kappa shape index (κ2) is 9.55. The van der Waals surface area contributed by atoms with Gasteiger partial charge in [-0.05, 0) is 43.9 Å². The lowest BCUT2D eigenvalue weighted by molar-refractivity contribution is -0.148. The molecule has 0 bridgehead atoms. The number of ether oxygens (including phenoxy) is 2. The van der Waals surface area contributed by atoms with E-state index in [2.05, 4.69) is 4.98 Å². The third kappa shape index (κ3) is 4.85. The van der Waals surface area contributed by atoms with Gasteiger partial charge in [-0.3, -0.25) is 4.79 Å². The fraction of sp³-hybridized carbons (Fsp3) is 0.385. The predicted molar refractivity (Wildman–Crippen MR) is 120 cm³/mol. The molecule has 168 valence electrons.